The largest absolute Gasteiger partial charge is 0.462 e. The fraction of sp³-hybridized carbons (Fsp3) is 0.500. The van der Waals surface area contributed by atoms with Crippen LogP contribution in [0.4, 0.5) is 0 Å². The van der Waals surface area contributed by atoms with E-state index >= 15 is 0 Å². The Balaban J connectivity index is 2.08. The lowest BCUT2D eigenvalue weighted by Gasteiger charge is -2.39. The Labute approximate surface area is 105 Å². The van der Waals surface area contributed by atoms with Gasteiger partial charge in [-0.1, -0.05) is 18.2 Å². The molecular weight excluding hydrogens is 238 g/mol. The SMILES string of the molecule is NC[C@H]1O[C@@H](Oc2ccccc2)[C@H](O)[C@@H](O)[C@@H]1O. The molecule has 1 aliphatic heterocycles. The standard InChI is InChI=1S/C12H17NO5/c13-6-8-9(14)10(15)11(16)12(18-8)17-7-4-2-1-3-5-7/h1-5,8-12,14-16H,6,13H2/t8-,9-,10+,11-,12-/m1/s1. The molecule has 1 fully saturated rings. The number of hydrogen-bond donors (Lipinski definition) is 4. The van der Waals surface area contributed by atoms with Crippen molar-refractivity contribution in [1.82, 2.24) is 0 Å². The molecule has 0 aliphatic carbocycles. The van der Waals surface area contributed by atoms with E-state index in [1.807, 2.05) is 6.07 Å². The van der Waals surface area contributed by atoms with E-state index in [1.165, 1.54) is 0 Å². The number of hydrogen-bond acceptors (Lipinski definition) is 6. The van der Waals surface area contributed by atoms with Crippen molar-refractivity contribution in [1.29, 1.82) is 0 Å². The number of rotatable bonds is 3. The minimum Gasteiger partial charge on any atom is -0.462 e. The molecule has 5 atom stereocenters. The van der Waals surface area contributed by atoms with Crippen LogP contribution in [0.2, 0.25) is 0 Å². The minimum absolute atomic E-state index is 0.0274. The topological polar surface area (TPSA) is 105 Å². The van der Waals surface area contributed by atoms with E-state index in [2.05, 4.69) is 0 Å². The van der Waals surface area contributed by atoms with Crippen molar-refractivity contribution < 1.29 is 24.8 Å². The van der Waals surface area contributed by atoms with Crippen LogP contribution in [-0.4, -0.2) is 52.6 Å². The van der Waals surface area contributed by atoms with Crippen molar-refractivity contribution in [3.63, 3.8) is 0 Å². The molecule has 100 valence electrons. The Morgan fingerprint density at radius 1 is 1.06 bits per heavy atom. The molecule has 0 radical (unpaired) electrons. The highest BCUT2D eigenvalue weighted by Crippen LogP contribution is 2.23. The molecule has 1 aliphatic rings. The van der Waals surface area contributed by atoms with Crippen LogP contribution in [0.25, 0.3) is 0 Å². The summed E-state index contributed by atoms with van der Waals surface area (Å²) in [6.07, 6.45) is -5.72. The molecule has 0 spiro atoms. The average Bonchev–Trinajstić information content (AvgIpc) is 2.40. The van der Waals surface area contributed by atoms with Crippen LogP contribution in [0.3, 0.4) is 0 Å². The molecule has 6 nitrogen and oxygen atoms in total. The van der Waals surface area contributed by atoms with Crippen LogP contribution in [0.15, 0.2) is 30.3 Å². The fourth-order valence-electron chi connectivity index (χ4n) is 1.84. The van der Waals surface area contributed by atoms with Crippen molar-refractivity contribution in [3.05, 3.63) is 30.3 Å². The summed E-state index contributed by atoms with van der Waals surface area (Å²) in [6, 6.07) is 8.77. The van der Waals surface area contributed by atoms with Crippen LogP contribution in [-0.2, 0) is 4.74 Å². The van der Waals surface area contributed by atoms with Gasteiger partial charge in [0.05, 0.1) is 0 Å². The summed E-state index contributed by atoms with van der Waals surface area (Å²) in [5, 5.41) is 29.1. The van der Waals surface area contributed by atoms with Crippen LogP contribution in [0.1, 0.15) is 0 Å². The van der Waals surface area contributed by atoms with Crippen LogP contribution in [0, 0.1) is 0 Å². The predicted molar refractivity (Wildman–Crippen MR) is 62.8 cm³/mol. The number of benzene rings is 1. The molecule has 18 heavy (non-hydrogen) atoms. The quantitative estimate of drug-likeness (QED) is 0.542. The Bertz CT molecular complexity index is 372. The van der Waals surface area contributed by atoms with Gasteiger partial charge in [0.15, 0.2) is 0 Å². The maximum atomic E-state index is 9.78. The number of aliphatic hydroxyl groups is 3. The molecule has 0 saturated carbocycles. The highest BCUT2D eigenvalue weighted by molar-refractivity contribution is 5.21. The number of ether oxygens (including phenoxy) is 2. The third kappa shape index (κ3) is 2.63. The molecule has 0 amide bonds. The summed E-state index contributed by atoms with van der Waals surface area (Å²) in [5.74, 6) is 0.501. The van der Waals surface area contributed by atoms with E-state index in [9.17, 15) is 15.3 Å². The molecule has 2 rings (SSSR count). The van der Waals surface area contributed by atoms with Gasteiger partial charge in [0.2, 0.25) is 6.29 Å². The summed E-state index contributed by atoms with van der Waals surface area (Å²) >= 11 is 0. The van der Waals surface area contributed by atoms with Gasteiger partial charge in [-0.2, -0.15) is 0 Å². The first-order valence-electron chi connectivity index (χ1n) is 5.75. The zero-order valence-electron chi connectivity index (χ0n) is 9.72. The van der Waals surface area contributed by atoms with Gasteiger partial charge < -0.3 is 30.5 Å². The molecule has 6 heteroatoms. The molecule has 1 aromatic rings. The predicted octanol–water partition coefficient (Wildman–Crippen LogP) is -1.17. The third-order valence-corrected chi connectivity index (χ3v) is 2.90. The summed E-state index contributed by atoms with van der Waals surface area (Å²) in [6.45, 7) is 0.0274. The van der Waals surface area contributed by atoms with Gasteiger partial charge in [-0.25, -0.2) is 0 Å². The first kappa shape index (κ1) is 13.3. The lowest BCUT2D eigenvalue weighted by Crippen LogP contribution is -2.60. The fourth-order valence-corrected chi connectivity index (χ4v) is 1.84. The van der Waals surface area contributed by atoms with Gasteiger partial charge in [0, 0.05) is 6.54 Å². The average molecular weight is 255 g/mol. The van der Waals surface area contributed by atoms with Crippen LogP contribution in [0.5, 0.6) is 5.75 Å². The number of aliphatic hydroxyl groups excluding tert-OH is 3. The van der Waals surface area contributed by atoms with Gasteiger partial charge in [-0.15, -0.1) is 0 Å². The monoisotopic (exact) mass is 255 g/mol. The molecule has 0 bridgehead atoms. The Morgan fingerprint density at radius 3 is 2.33 bits per heavy atom. The van der Waals surface area contributed by atoms with Gasteiger partial charge in [0.1, 0.15) is 30.2 Å². The van der Waals surface area contributed by atoms with Gasteiger partial charge in [-0.05, 0) is 12.1 Å². The second-order valence-corrected chi connectivity index (χ2v) is 4.18. The van der Waals surface area contributed by atoms with E-state index < -0.39 is 30.7 Å². The normalized spacial score (nSPS) is 36.3. The zero-order valence-corrected chi connectivity index (χ0v) is 9.72. The van der Waals surface area contributed by atoms with E-state index in [0.717, 1.165) is 0 Å². The smallest absolute Gasteiger partial charge is 0.229 e. The van der Waals surface area contributed by atoms with Crippen LogP contribution >= 0.6 is 0 Å². The maximum Gasteiger partial charge on any atom is 0.229 e. The van der Waals surface area contributed by atoms with Crippen LogP contribution < -0.4 is 10.5 Å². The molecule has 1 heterocycles. The van der Waals surface area contributed by atoms with Crippen molar-refractivity contribution in [2.24, 2.45) is 5.73 Å². The summed E-state index contributed by atoms with van der Waals surface area (Å²) in [7, 11) is 0. The lowest BCUT2D eigenvalue weighted by atomic mass is 9.99. The Kier molecular flexibility index (Phi) is 4.15. The van der Waals surface area contributed by atoms with E-state index in [4.69, 9.17) is 15.2 Å². The first-order valence-corrected chi connectivity index (χ1v) is 5.75. The lowest BCUT2D eigenvalue weighted by molar-refractivity contribution is -0.269. The maximum absolute atomic E-state index is 9.78. The van der Waals surface area contributed by atoms with E-state index in [1.54, 1.807) is 24.3 Å². The molecular formula is C12H17NO5. The van der Waals surface area contributed by atoms with Crippen molar-refractivity contribution in [3.8, 4) is 5.75 Å². The van der Waals surface area contributed by atoms with Crippen molar-refractivity contribution >= 4 is 0 Å². The van der Waals surface area contributed by atoms with E-state index in [0.29, 0.717) is 5.75 Å². The summed E-state index contributed by atoms with van der Waals surface area (Å²) < 4.78 is 10.7. The Hall–Kier alpha value is -1.18. The van der Waals surface area contributed by atoms with Gasteiger partial charge in [-0.3, -0.25) is 0 Å². The highest BCUT2D eigenvalue weighted by Gasteiger charge is 2.44. The van der Waals surface area contributed by atoms with E-state index in [-0.39, 0.29) is 6.54 Å². The van der Waals surface area contributed by atoms with Crippen molar-refractivity contribution in [2.45, 2.75) is 30.7 Å². The van der Waals surface area contributed by atoms with Gasteiger partial charge in [0.25, 0.3) is 0 Å². The summed E-state index contributed by atoms with van der Waals surface area (Å²) in [5.41, 5.74) is 5.42. The molecule has 5 N–H and O–H groups in total. The first-order chi connectivity index (χ1) is 8.63. The zero-order chi connectivity index (χ0) is 13.1. The Morgan fingerprint density at radius 2 is 1.72 bits per heavy atom. The summed E-state index contributed by atoms with van der Waals surface area (Å²) in [4.78, 5) is 0. The molecule has 0 aromatic heterocycles. The third-order valence-electron chi connectivity index (χ3n) is 2.90. The second kappa shape index (κ2) is 5.64. The molecule has 1 aromatic carbocycles. The van der Waals surface area contributed by atoms with Crippen molar-refractivity contribution in [2.75, 3.05) is 6.54 Å². The number of para-hydroxylation sites is 1. The molecule has 0 unspecified atom stereocenters. The minimum atomic E-state index is -1.35. The second-order valence-electron chi connectivity index (χ2n) is 4.18. The number of nitrogens with two attached hydrogens (primary N) is 1. The van der Waals surface area contributed by atoms with Gasteiger partial charge >= 0.3 is 0 Å². The molecule has 1 saturated heterocycles. The highest BCUT2D eigenvalue weighted by atomic mass is 16.7.